The number of fused-ring (bicyclic) bond motifs is 1. The molecule has 8 nitrogen and oxygen atoms in total. The van der Waals surface area contributed by atoms with Crippen molar-refractivity contribution in [2.24, 2.45) is 11.7 Å². The zero-order valence-corrected chi connectivity index (χ0v) is 14.9. The summed E-state index contributed by atoms with van der Waals surface area (Å²) < 4.78 is 0. The summed E-state index contributed by atoms with van der Waals surface area (Å²) >= 11 is 0. The average molecular weight is 370 g/mol. The van der Waals surface area contributed by atoms with Gasteiger partial charge in [-0.3, -0.25) is 29.4 Å². The molecule has 1 saturated heterocycles. The highest BCUT2D eigenvalue weighted by atomic mass is 16.2. The second-order valence-electron chi connectivity index (χ2n) is 7.53. The van der Waals surface area contributed by atoms with E-state index in [9.17, 15) is 19.2 Å². The Bertz CT molecular complexity index is 837. The number of carbonyl (C=O) groups is 4. The van der Waals surface area contributed by atoms with Crippen molar-refractivity contribution in [2.45, 2.75) is 44.2 Å². The monoisotopic (exact) mass is 370 g/mol. The van der Waals surface area contributed by atoms with Crippen LogP contribution in [0.25, 0.3) is 0 Å². The van der Waals surface area contributed by atoms with Crippen LogP contribution in [-0.2, 0) is 9.59 Å². The third-order valence-electron chi connectivity index (χ3n) is 5.62. The molecule has 1 aromatic rings. The SMILES string of the molecule is N[C@@H]1CC[C@H](CNc2ccc3c(c2)C(=O)N(C2CCC(=O)NC2=O)C3=O)C1. The molecule has 2 fully saturated rings. The van der Waals surface area contributed by atoms with Crippen molar-refractivity contribution in [3.63, 3.8) is 0 Å². The van der Waals surface area contributed by atoms with Crippen molar-refractivity contribution in [3.05, 3.63) is 29.3 Å². The van der Waals surface area contributed by atoms with Gasteiger partial charge in [-0.05, 0) is 49.8 Å². The summed E-state index contributed by atoms with van der Waals surface area (Å²) in [6.07, 6.45) is 3.37. The first-order valence-electron chi connectivity index (χ1n) is 9.29. The topological polar surface area (TPSA) is 122 Å². The molecule has 1 unspecified atom stereocenters. The van der Waals surface area contributed by atoms with Gasteiger partial charge in [0.2, 0.25) is 11.8 Å². The number of rotatable bonds is 4. The van der Waals surface area contributed by atoms with Crippen molar-refractivity contribution < 1.29 is 19.2 Å². The van der Waals surface area contributed by atoms with Gasteiger partial charge in [-0.1, -0.05) is 0 Å². The summed E-state index contributed by atoms with van der Waals surface area (Å²) in [5, 5.41) is 5.51. The summed E-state index contributed by atoms with van der Waals surface area (Å²) in [7, 11) is 0. The van der Waals surface area contributed by atoms with Crippen LogP contribution in [0.5, 0.6) is 0 Å². The van der Waals surface area contributed by atoms with Crippen LogP contribution >= 0.6 is 0 Å². The van der Waals surface area contributed by atoms with Crippen LogP contribution < -0.4 is 16.4 Å². The average Bonchev–Trinajstić information content (AvgIpc) is 3.16. The zero-order chi connectivity index (χ0) is 19.1. The molecule has 0 spiro atoms. The molecular formula is C19H22N4O4. The van der Waals surface area contributed by atoms with E-state index in [-0.39, 0.29) is 35.9 Å². The molecule has 1 saturated carbocycles. The fraction of sp³-hybridized carbons (Fsp3) is 0.474. The van der Waals surface area contributed by atoms with Gasteiger partial charge in [-0.2, -0.15) is 0 Å². The lowest BCUT2D eigenvalue weighted by molar-refractivity contribution is -0.136. The Labute approximate surface area is 156 Å². The molecule has 142 valence electrons. The fourth-order valence-electron chi connectivity index (χ4n) is 4.14. The van der Waals surface area contributed by atoms with Gasteiger partial charge in [0.05, 0.1) is 11.1 Å². The molecule has 4 rings (SSSR count). The van der Waals surface area contributed by atoms with Gasteiger partial charge in [0.15, 0.2) is 0 Å². The van der Waals surface area contributed by atoms with Gasteiger partial charge in [0.25, 0.3) is 11.8 Å². The molecule has 2 aliphatic heterocycles. The predicted molar refractivity (Wildman–Crippen MR) is 96.9 cm³/mol. The second-order valence-corrected chi connectivity index (χ2v) is 7.53. The van der Waals surface area contributed by atoms with Gasteiger partial charge < -0.3 is 11.1 Å². The molecule has 1 aromatic carbocycles. The Balaban J connectivity index is 1.49. The standard InChI is InChI=1S/C19H22N4O4/c20-11-2-1-10(7-11)9-21-12-3-4-13-14(8-12)19(27)23(18(13)26)15-5-6-16(24)22-17(15)25/h3-4,8,10-11,15,21H,1-2,5-7,9,20H2,(H,22,24,25)/t10-,11+,15?/m0/s1. The minimum atomic E-state index is -0.938. The van der Waals surface area contributed by atoms with Crippen molar-refractivity contribution in [3.8, 4) is 0 Å². The highest BCUT2D eigenvalue weighted by Gasteiger charge is 2.44. The van der Waals surface area contributed by atoms with Gasteiger partial charge in [-0.25, -0.2) is 0 Å². The highest BCUT2D eigenvalue weighted by molar-refractivity contribution is 6.23. The lowest BCUT2D eigenvalue weighted by Gasteiger charge is -2.27. The Kier molecular flexibility index (Phi) is 4.43. The molecular weight excluding hydrogens is 348 g/mol. The van der Waals surface area contributed by atoms with Crippen LogP contribution in [-0.4, -0.2) is 47.2 Å². The fourth-order valence-corrected chi connectivity index (χ4v) is 4.14. The van der Waals surface area contributed by atoms with Crippen molar-refractivity contribution in [2.75, 3.05) is 11.9 Å². The lowest BCUT2D eigenvalue weighted by Crippen LogP contribution is -2.54. The number of benzene rings is 1. The zero-order valence-electron chi connectivity index (χ0n) is 14.9. The molecule has 1 aliphatic carbocycles. The third kappa shape index (κ3) is 3.21. The van der Waals surface area contributed by atoms with Crippen molar-refractivity contribution in [1.29, 1.82) is 0 Å². The number of carbonyl (C=O) groups excluding carboxylic acids is 4. The summed E-state index contributed by atoms with van der Waals surface area (Å²) in [5.41, 5.74) is 7.28. The van der Waals surface area contributed by atoms with Crippen molar-refractivity contribution in [1.82, 2.24) is 10.2 Å². The molecule has 8 heteroatoms. The first-order chi connectivity index (χ1) is 12.9. The van der Waals surface area contributed by atoms with Crippen LogP contribution in [0, 0.1) is 5.92 Å². The van der Waals surface area contributed by atoms with E-state index in [0.29, 0.717) is 5.92 Å². The number of nitrogens with one attached hydrogen (secondary N) is 2. The van der Waals surface area contributed by atoms with Gasteiger partial charge in [0, 0.05) is 24.7 Å². The first kappa shape index (κ1) is 17.7. The number of piperidine rings is 1. The van der Waals surface area contributed by atoms with Crippen LogP contribution in [0.3, 0.4) is 0 Å². The smallest absolute Gasteiger partial charge is 0.262 e. The van der Waals surface area contributed by atoms with Crippen LogP contribution in [0.2, 0.25) is 0 Å². The number of amides is 4. The third-order valence-corrected chi connectivity index (χ3v) is 5.62. The summed E-state index contributed by atoms with van der Waals surface area (Å²) in [4.78, 5) is 49.8. The quantitative estimate of drug-likeness (QED) is 0.668. The Morgan fingerprint density at radius 1 is 1.07 bits per heavy atom. The predicted octanol–water partition coefficient (Wildman–Crippen LogP) is 0.627. The molecule has 4 amide bonds. The lowest BCUT2D eigenvalue weighted by atomic mass is 10.0. The summed E-state index contributed by atoms with van der Waals surface area (Å²) in [6.45, 7) is 0.769. The molecule has 4 N–H and O–H groups in total. The minimum absolute atomic E-state index is 0.111. The molecule has 2 heterocycles. The summed E-state index contributed by atoms with van der Waals surface area (Å²) in [5.74, 6) is -1.46. The Morgan fingerprint density at radius 2 is 1.85 bits per heavy atom. The van der Waals surface area contributed by atoms with Crippen LogP contribution in [0.4, 0.5) is 5.69 Å². The van der Waals surface area contributed by atoms with Gasteiger partial charge in [0.1, 0.15) is 6.04 Å². The van der Waals surface area contributed by atoms with E-state index in [1.165, 1.54) is 0 Å². The number of nitrogens with zero attached hydrogens (tertiary/aromatic N) is 1. The van der Waals surface area contributed by atoms with E-state index in [1.807, 2.05) is 0 Å². The minimum Gasteiger partial charge on any atom is -0.385 e. The van der Waals surface area contributed by atoms with E-state index in [2.05, 4.69) is 10.6 Å². The number of anilines is 1. The molecule has 0 bridgehead atoms. The molecule has 3 aliphatic rings. The number of imide groups is 2. The molecule has 0 aromatic heterocycles. The van der Waals surface area contributed by atoms with E-state index < -0.39 is 23.8 Å². The number of hydrogen-bond acceptors (Lipinski definition) is 6. The van der Waals surface area contributed by atoms with Gasteiger partial charge >= 0.3 is 0 Å². The van der Waals surface area contributed by atoms with Gasteiger partial charge in [-0.15, -0.1) is 0 Å². The first-order valence-corrected chi connectivity index (χ1v) is 9.29. The maximum absolute atomic E-state index is 12.8. The van der Waals surface area contributed by atoms with Crippen LogP contribution in [0.15, 0.2) is 18.2 Å². The number of hydrogen-bond donors (Lipinski definition) is 3. The normalized spacial score (nSPS) is 27.7. The van der Waals surface area contributed by atoms with E-state index in [0.717, 1.165) is 36.4 Å². The van der Waals surface area contributed by atoms with E-state index in [4.69, 9.17) is 5.73 Å². The van der Waals surface area contributed by atoms with Crippen LogP contribution in [0.1, 0.15) is 52.8 Å². The largest absolute Gasteiger partial charge is 0.385 e. The van der Waals surface area contributed by atoms with E-state index >= 15 is 0 Å². The maximum atomic E-state index is 12.8. The molecule has 0 radical (unpaired) electrons. The van der Waals surface area contributed by atoms with E-state index in [1.54, 1.807) is 18.2 Å². The second kappa shape index (κ2) is 6.77. The highest BCUT2D eigenvalue weighted by Crippen LogP contribution is 2.30. The molecule has 27 heavy (non-hydrogen) atoms. The molecule has 3 atom stereocenters. The number of nitrogens with two attached hydrogens (primary N) is 1. The maximum Gasteiger partial charge on any atom is 0.262 e. The summed E-state index contributed by atoms with van der Waals surface area (Å²) in [6, 6.07) is 4.37. The Hall–Kier alpha value is -2.74. The Morgan fingerprint density at radius 3 is 2.56 bits per heavy atom. The van der Waals surface area contributed by atoms with Crippen molar-refractivity contribution >= 4 is 29.3 Å².